The Morgan fingerprint density at radius 3 is 2.15 bits per heavy atom. The third-order valence-corrected chi connectivity index (χ3v) is 8.55. The molecule has 0 aliphatic carbocycles. The number of nitrogens with one attached hydrogen (secondary N) is 1. The fraction of sp³-hybridized carbons (Fsp3) is 0.281. The average molecular weight is 650 g/mol. The Bertz CT molecular complexity index is 1860. The highest BCUT2D eigenvalue weighted by molar-refractivity contribution is 7.52. The van der Waals surface area contributed by atoms with Crippen molar-refractivity contribution in [2.45, 2.75) is 30.5 Å². The number of imidazole rings is 1. The number of fused-ring (bicyclic) bond motifs is 1. The molecule has 4 atom stereocenters. The number of hydrogen-bond acceptors (Lipinski definition) is 10. The number of benzene rings is 3. The zero-order chi connectivity index (χ0) is 32.5. The molecule has 1 unspecified atom stereocenters. The zero-order valence-corrected chi connectivity index (χ0v) is 26.2. The highest BCUT2D eigenvalue weighted by Crippen LogP contribution is 2.50. The van der Waals surface area contributed by atoms with E-state index < -0.39 is 37.3 Å². The number of methoxy groups -OCH3 is 2. The average Bonchev–Trinajstić information content (AvgIpc) is 3.65. The standard InChI is InChI=1S/C32H33FN5O7P/c1-41-23-13-9-21(10-14-23)32(20-7-5-4-6-8-20,22-11-15-24(42-2)16-12-22)43-18-26-25(45-46(3,33)40)17-27(44-26)38-19-35-28-29(38)36-31(34)37-30(28)39/h4-16,19,25-27H,17-18H2,1-3H3,(H3,34,36,37,39)/t25-,26+,27+,46?/m0/s1. The van der Waals surface area contributed by atoms with Gasteiger partial charge in [0.15, 0.2) is 11.2 Å². The van der Waals surface area contributed by atoms with E-state index in [9.17, 15) is 13.6 Å². The van der Waals surface area contributed by atoms with Crippen LogP contribution >= 0.6 is 7.68 Å². The molecule has 0 spiro atoms. The summed E-state index contributed by atoms with van der Waals surface area (Å²) in [7, 11) is -1.27. The van der Waals surface area contributed by atoms with Gasteiger partial charge in [-0.1, -0.05) is 54.6 Å². The van der Waals surface area contributed by atoms with E-state index in [-0.39, 0.29) is 30.1 Å². The number of nitrogens with zero attached hydrogens (tertiary/aromatic N) is 3. The predicted octanol–water partition coefficient (Wildman–Crippen LogP) is 5.19. The molecule has 3 aromatic carbocycles. The lowest BCUT2D eigenvalue weighted by Crippen LogP contribution is -2.38. The van der Waals surface area contributed by atoms with Gasteiger partial charge < -0.3 is 24.7 Å². The first-order valence-electron chi connectivity index (χ1n) is 14.4. The van der Waals surface area contributed by atoms with E-state index >= 15 is 0 Å². The van der Waals surface area contributed by atoms with Crippen molar-refractivity contribution >= 4 is 24.8 Å². The van der Waals surface area contributed by atoms with Crippen LogP contribution in [-0.4, -0.2) is 59.2 Å². The highest BCUT2D eigenvalue weighted by atomic mass is 31.2. The second kappa shape index (κ2) is 12.7. The molecule has 46 heavy (non-hydrogen) atoms. The maximum atomic E-state index is 14.6. The number of aromatic nitrogens is 4. The molecular formula is C32H33FN5O7P. The van der Waals surface area contributed by atoms with Crippen LogP contribution in [0.25, 0.3) is 11.2 Å². The van der Waals surface area contributed by atoms with Crippen molar-refractivity contribution in [2.75, 3.05) is 33.2 Å². The van der Waals surface area contributed by atoms with Crippen LogP contribution in [0.4, 0.5) is 10.1 Å². The quantitative estimate of drug-likeness (QED) is 0.144. The summed E-state index contributed by atoms with van der Waals surface area (Å²) < 4.78 is 58.0. The number of nitrogen functional groups attached to an aromatic ring is 1. The first-order chi connectivity index (χ1) is 22.1. The smallest absolute Gasteiger partial charge is 0.364 e. The van der Waals surface area contributed by atoms with Crippen molar-refractivity contribution in [3.63, 3.8) is 0 Å². The molecule has 6 rings (SSSR count). The molecule has 0 saturated carbocycles. The summed E-state index contributed by atoms with van der Waals surface area (Å²) in [6.45, 7) is 0.784. The highest BCUT2D eigenvalue weighted by Gasteiger charge is 2.44. The van der Waals surface area contributed by atoms with Gasteiger partial charge in [-0.05, 0) is 41.0 Å². The van der Waals surface area contributed by atoms with Crippen LogP contribution in [0.2, 0.25) is 0 Å². The van der Waals surface area contributed by atoms with Crippen LogP contribution in [0.5, 0.6) is 11.5 Å². The van der Waals surface area contributed by atoms with Crippen LogP contribution in [-0.2, 0) is 24.2 Å². The lowest BCUT2D eigenvalue weighted by atomic mass is 9.80. The van der Waals surface area contributed by atoms with Crippen molar-refractivity contribution in [2.24, 2.45) is 0 Å². The fourth-order valence-electron chi connectivity index (χ4n) is 5.81. The fourth-order valence-corrected chi connectivity index (χ4v) is 6.51. The molecule has 1 fully saturated rings. The summed E-state index contributed by atoms with van der Waals surface area (Å²) in [6.07, 6.45) is -1.23. The first-order valence-corrected chi connectivity index (χ1v) is 16.4. The van der Waals surface area contributed by atoms with Gasteiger partial charge in [0.1, 0.15) is 35.5 Å². The van der Waals surface area contributed by atoms with Crippen LogP contribution in [0.1, 0.15) is 29.3 Å². The van der Waals surface area contributed by atoms with Crippen molar-refractivity contribution in [3.05, 3.63) is 112 Å². The van der Waals surface area contributed by atoms with Gasteiger partial charge in [0.2, 0.25) is 5.95 Å². The van der Waals surface area contributed by atoms with Gasteiger partial charge in [-0.25, -0.2) is 4.98 Å². The number of halogens is 1. The summed E-state index contributed by atoms with van der Waals surface area (Å²) in [5, 5.41) is 0. The SMILES string of the molecule is COc1ccc(C(OC[C@H]2O[C@@H](n3cnc4c(=O)[nH]c(N)nc43)C[C@@H]2OP(C)(=O)F)(c2ccccc2)c2ccc(OC)cc2)cc1. The van der Waals surface area contributed by atoms with E-state index in [1.807, 2.05) is 78.9 Å². The maximum absolute atomic E-state index is 14.6. The van der Waals surface area contributed by atoms with Crippen molar-refractivity contribution in [1.29, 1.82) is 0 Å². The molecule has 240 valence electrons. The molecule has 1 aliphatic rings. The topological polar surface area (TPSA) is 153 Å². The van der Waals surface area contributed by atoms with E-state index in [0.29, 0.717) is 11.5 Å². The third-order valence-electron chi connectivity index (χ3n) is 7.90. The Morgan fingerprint density at radius 2 is 1.59 bits per heavy atom. The number of H-pyrrole nitrogens is 1. The van der Waals surface area contributed by atoms with Gasteiger partial charge in [-0.3, -0.25) is 23.4 Å². The van der Waals surface area contributed by atoms with Gasteiger partial charge in [0.05, 0.1) is 27.2 Å². The Kier molecular flexibility index (Phi) is 8.67. The Hall–Kier alpha value is -4.55. The lowest BCUT2D eigenvalue weighted by molar-refractivity contribution is -0.0904. The van der Waals surface area contributed by atoms with Gasteiger partial charge in [0, 0.05) is 13.1 Å². The molecule has 0 radical (unpaired) electrons. The molecule has 3 N–H and O–H groups in total. The first kappa shape index (κ1) is 31.4. The van der Waals surface area contributed by atoms with E-state index in [0.717, 1.165) is 23.4 Å². The van der Waals surface area contributed by atoms with Gasteiger partial charge >= 0.3 is 7.68 Å². The van der Waals surface area contributed by atoms with Crippen molar-refractivity contribution < 1.29 is 32.2 Å². The van der Waals surface area contributed by atoms with Gasteiger partial charge in [0.25, 0.3) is 5.56 Å². The molecule has 2 aromatic heterocycles. The lowest BCUT2D eigenvalue weighted by Gasteiger charge is -2.37. The number of rotatable bonds is 11. The number of nitrogens with two attached hydrogens (primary N) is 1. The second-order valence-electron chi connectivity index (χ2n) is 10.8. The van der Waals surface area contributed by atoms with Crippen molar-refractivity contribution in [1.82, 2.24) is 19.5 Å². The molecule has 1 aliphatic heterocycles. The van der Waals surface area contributed by atoms with Crippen LogP contribution in [0.15, 0.2) is 90.0 Å². The third kappa shape index (κ3) is 6.14. The van der Waals surface area contributed by atoms with Crippen LogP contribution in [0, 0.1) is 0 Å². The maximum Gasteiger partial charge on any atom is 0.364 e. The molecule has 1 saturated heterocycles. The summed E-state index contributed by atoms with van der Waals surface area (Å²) in [5.74, 6) is 1.23. The molecule has 14 heteroatoms. The molecule has 3 heterocycles. The van der Waals surface area contributed by atoms with Crippen molar-refractivity contribution in [3.8, 4) is 11.5 Å². The predicted molar refractivity (Wildman–Crippen MR) is 169 cm³/mol. The molecule has 5 aromatic rings. The largest absolute Gasteiger partial charge is 0.497 e. The monoisotopic (exact) mass is 649 g/mol. The minimum atomic E-state index is -4.45. The molecule has 12 nitrogen and oxygen atoms in total. The number of hydrogen-bond donors (Lipinski definition) is 2. The van der Waals surface area contributed by atoms with Gasteiger partial charge in [-0.2, -0.15) is 9.18 Å². The molecule has 0 amide bonds. The summed E-state index contributed by atoms with van der Waals surface area (Å²) in [4.78, 5) is 23.2. The normalized spacial score (nSPS) is 19.6. The van der Waals surface area contributed by atoms with E-state index in [4.69, 9.17) is 29.2 Å². The molecule has 0 bridgehead atoms. The summed E-state index contributed by atoms with van der Waals surface area (Å²) >= 11 is 0. The van der Waals surface area contributed by atoms with Crippen LogP contribution in [0.3, 0.4) is 0 Å². The number of anilines is 1. The summed E-state index contributed by atoms with van der Waals surface area (Å²) in [6, 6.07) is 24.7. The Balaban J connectivity index is 1.42. The Morgan fingerprint density at radius 1 is 1.00 bits per heavy atom. The van der Waals surface area contributed by atoms with Gasteiger partial charge in [-0.15, -0.1) is 0 Å². The summed E-state index contributed by atoms with van der Waals surface area (Å²) in [5.41, 5.74) is 6.70. The van der Waals surface area contributed by atoms with E-state index in [1.165, 1.54) is 10.9 Å². The Labute approximate surface area is 263 Å². The number of aromatic amines is 1. The van der Waals surface area contributed by atoms with E-state index in [1.54, 1.807) is 14.2 Å². The van der Waals surface area contributed by atoms with E-state index in [2.05, 4.69) is 15.0 Å². The minimum Gasteiger partial charge on any atom is -0.497 e. The van der Waals surface area contributed by atoms with Crippen LogP contribution < -0.4 is 20.8 Å². The zero-order valence-electron chi connectivity index (χ0n) is 25.3. The second-order valence-corrected chi connectivity index (χ2v) is 12.6. The number of ether oxygens (including phenoxy) is 4. The minimum absolute atomic E-state index is 0.0590. The molecular weight excluding hydrogens is 616 g/mol.